The number of fused-ring (bicyclic) bond motifs is 1. The highest BCUT2D eigenvalue weighted by molar-refractivity contribution is 5.93. The number of methoxy groups -OCH3 is 1. The number of nitrogens with zero attached hydrogens (tertiary/aromatic N) is 3. The van der Waals surface area contributed by atoms with Crippen molar-refractivity contribution in [1.82, 2.24) is 9.97 Å². The minimum Gasteiger partial charge on any atom is -0.497 e. The Kier molecular flexibility index (Phi) is 4.87. The van der Waals surface area contributed by atoms with Gasteiger partial charge in [-0.05, 0) is 37.1 Å². The third-order valence-corrected chi connectivity index (χ3v) is 4.89. The molecule has 2 aromatic carbocycles. The van der Waals surface area contributed by atoms with E-state index in [-0.39, 0.29) is 11.8 Å². The first-order chi connectivity index (χ1) is 13.2. The lowest BCUT2D eigenvalue weighted by Crippen LogP contribution is -2.41. The highest BCUT2D eigenvalue weighted by Crippen LogP contribution is 2.24. The number of ether oxygens (including phenoxy) is 1. The van der Waals surface area contributed by atoms with Gasteiger partial charge in [-0.2, -0.15) is 0 Å². The van der Waals surface area contributed by atoms with E-state index < -0.39 is 0 Å². The van der Waals surface area contributed by atoms with Gasteiger partial charge >= 0.3 is 0 Å². The van der Waals surface area contributed by atoms with Gasteiger partial charge in [0.25, 0.3) is 0 Å². The Morgan fingerprint density at radius 3 is 2.89 bits per heavy atom. The van der Waals surface area contributed by atoms with Gasteiger partial charge < -0.3 is 15.0 Å². The fourth-order valence-electron chi connectivity index (χ4n) is 3.44. The second-order valence-corrected chi connectivity index (χ2v) is 6.72. The van der Waals surface area contributed by atoms with Crippen LogP contribution >= 0.6 is 0 Å². The van der Waals surface area contributed by atoms with Crippen molar-refractivity contribution in [3.05, 3.63) is 54.7 Å². The van der Waals surface area contributed by atoms with Gasteiger partial charge in [0.1, 0.15) is 11.6 Å². The highest BCUT2D eigenvalue weighted by Gasteiger charge is 2.27. The first-order valence-corrected chi connectivity index (χ1v) is 9.14. The van der Waals surface area contributed by atoms with Crippen LogP contribution < -0.4 is 15.0 Å². The molecular formula is C21H22N4O2. The average Bonchev–Trinajstić information content (AvgIpc) is 2.73. The Labute approximate surface area is 158 Å². The van der Waals surface area contributed by atoms with Crippen molar-refractivity contribution in [1.29, 1.82) is 0 Å². The van der Waals surface area contributed by atoms with Crippen molar-refractivity contribution in [2.45, 2.75) is 12.8 Å². The molecule has 0 bridgehead atoms. The van der Waals surface area contributed by atoms with Crippen molar-refractivity contribution in [2.75, 3.05) is 30.4 Å². The van der Waals surface area contributed by atoms with Gasteiger partial charge in [-0.1, -0.05) is 18.2 Å². The maximum atomic E-state index is 12.7. The number of hydrogen-bond acceptors (Lipinski definition) is 5. The zero-order chi connectivity index (χ0) is 18.6. The van der Waals surface area contributed by atoms with E-state index >= 15 is 0 Å². The third-order valence-electron chi connectivity index (χ3n) is 4.89. The Balaban J connectivity index is 1.47. The van der Waals surface area contributed by atoms with Crippen LogP contribution in [0.1, 0.15) is 12.8 Å². The van der Waals surface area contributed by atoms with Crippen LogP contribution in [0.3, 0.4) is 0 Å². The topological polar surface area (TPSA) is 67.3 Å². The summed E-state index contributed by atoms with van der Waals surface area (Å²) in [5, 5.41) is 3.01. The molecule has 0 aliphatic carbocycles. The van der Waals surface area contributed by atoms with Crippen LogP contribution in [0.25, 0.3) is 11.0 Å². The van der Waals surface area contributed by atoms with Crippen LogP contribution in [-0.4, -0.2) is 36.1 Å². The van der Waals surface area contributed by atoms with Crippen molar-refractivity contribution in [3.8, 4) is 5.75 Å². The molecule has 1 aliphatic rings. The number of anilines is 2. The molecule has 0 saturated carbocycles. The Morgan fingerprint density at radius 1 is 1.19 bits per heavy atom. The van der Waals surface area contributed by atoms with Gasteiger partial charge in [0.15, 0.2) is 0 Å². The van der Waals surface area contributed by atoms with Gasteiger partial charge in [0, 0.05) is 24.8 Å². The molecule has 1 aromatic heterocycles. The molecule has 0 spiro atoms. The van der Waals surface area contributed by atoms with E-state index in [1.165, 1.54) is 0 Å². The normalized spacial score (nSPS) is 16.9. The molecule has 0 unspecified atom stereocenters. The third kappa shape index (κ3) is 3.84. The first kappa shape index (κ1) is 17.3. The highest BCUT2D eigenvalue weighted by atomic mass is 16.5. The second-order valence-electron chi connectivity index (χ2n) is 6.72. The fraction of sp³-hybridized carbons (Fsp3) is 0.286. The summed E-state index contributed by atoms with van der Waals surface area (Å²) >= 11 is 0. The number of carbonyl (C=O) groups excluding carboxylic acids is 1. The molecule has 6 nitrogen and oxygen atoms in total. The number of nitrogens with one attached hydrogen (secondary N) is 1. The number of amides is 1. The summed E-state index contributed by atoms with van der Waals surface area (Å²) in [5.74, 6) is 1.50. The maximum Gasteiger partial charge on any atom is 0.229 e. The van der Waals surface area contributed by atoms with Gasteiger partial charge in [-0.25, -0.2) is 4.98 Å². The first-order valence-electron chi connectivity index (χ1n) is 9.14. The lowest BCUT2D eigenvalue weighted by molar-refractivity contribution is -0.120. The molecule has 3 aromatic rings. The predicted molar refractivity (Wildman–Crippen MR) is 106 cm³/mol. The zero-order valence-electron chi connectivity index (χ0n) is 15.3. The Bertz CT molecular complexity index is 960. The van der Waals surface area contributed by atoms with Crippen molar-refractivity contribution < 1.29 is 9.53 Å². The summed E-state index contributed by atoms with van der Waals surface area (Å²) in [6.07, 6.45) is 3.61. The van der Waals surface area contributed by atoms with E-state index in [2.05, 4.69) is 15.2 Å². The molecule has 4 rings (SSSR count). The van der Waals surface area contributed by atoms with Crippen molar-refractivity contribution >= 4 is 28.4 Å². The molecule has 6 heteroatoms. The number of hydrogen-bond donors (Lipinski definition) is 1. The second kappa shape index (κ2) is 7.61. The molecular weight excluding hydrogens is 340 g/mol. The smallest absolute Gasteiger partial charge is 0.229 e. The van der Waals surface area contributed by atoms with Crippen LogP contribution in [0, 0.1) is 5.92 Å². The van der Waals surface area contributed by atoms with Crippen molar-refractivity contribution in [2.24, 2.45) is 5.92 Å². The monoisotopic (exact) mass is 362 g/mol. The van der Waals surface area contributed by atoms with E-state index in [4.69, 9.17) is 9.72 Å². The molecule has 27 heavy (non-hydrogen) atoms. The van der Waals surface area contributed by atoms with Gasteiger partial charge in [0.05, 0.1) is 30.3 Å². The summed E-state index contributed by atoms with van der Waals surface area (Å²) < 4.78 is 5.22. The minimum absolute atomic E-state index is 0.0294. The standard InChI is InChI=1S/C21H22N4O2/c1-27-17-8-4-7-16(12-17)23-21(26)15-6-5-11-25(14-15)20-13-22-18-9-2-3-10-19(18)24-20/h2-4,7-10,12-13,15H,5-6,11,14H2,1H3,(H,23,26)/t15-/m1/s1. The molecule has 1 aliphatic heterocycles. The van der Waals surface area contributed by atoms with E-state index in [0.29, 0.717) is 6.54 Å². The van der Waals surface area contributed by atoms with E-state index in [9.17, 15) is 4.79 Å². The lowest BCUT2D eigenvalue weighted by atomic mass is 9.97. The molecule has 138 valence electrons. The van der Waals surface area contributed by atoms with Crippen LogP contribution in [0.5, 0.6) is 5.75 Å². The molecule has 1 amide bonds. The largest absolute Gasteiger partial charge is 0.497 e. The number of para-hydroxylation sites is 2. The minimum atomic E-state index is -0.0850. The lowest BCUT2D eigenvalue weighted by Gasteiger charge is -2.32. The van der Waals surface area contributed by atoms with E-state index in [1.54, 1.807) is 13.3 Å². The number of benzene rings is 2. The molecule has 1 saturated heterocycles. The SMILES string of the molecule is COc1cccc(NC(=O)[C@@H]2CCCN(c3cnc4ccccc4n3)C2)c1. The number of piperidine rings is 1. The van der Waals surface area contributed by atoms with Crippen LogP contribution in [0.2, 0.25) is 0 Å². The van der Waals surface area contributed by atoms with Crippen LogP contribution in [-0.2, 0) is 4.79 Å². The maximum absolute atomic E-state index is 12.7. The number of carbonyl (C=O) groups is 1. The summed E-state index contributed by atoms with van der Waals surface area (Å²) in [7, 11) is 1.62. The molecule has 1 atom stereocenters. The fourth-order valence-corrected chi connectivity index (χ4v) is 3.44. The van der Waals surface area contributed by atoms with Gasteiger partial charge in [-0.15, -0.1) is 0 Å². The molecule has 1 fully saturated rings. The number of rotatable bonds is 4. The average molecular weight is 362 g/mol. The summed E-state index contributed by atoms with van der Waals surface area (Å²) in [6.45, 7) is 1.53. The summed E-state index contributed by atoms with van der Waals surface area (Å²) in [6, 6.07) is 15.2. The van der Waals surface area contributed by atoms with E-state index in [0.717, 1.165) is 47.7 Å². The summed E-state index contributed by atoms with van der Waals surface area (Å²) in [4.78, 5) is 24.1. The predicted octanol–water partition coefficient (Wildman–Crippen LogP) is 3.49. The van der Waals surface area contributed by atoms with Crippen LogP contribution in [0.15, 0.2) is 54.7 Å². The molecule has 2 heterocycles. The Morgan fingerprint density at radius 2 is 2.04 bits per heavy atom. The zero-order valence-corrected chi connectivity index (χ0v) is 15.3. The molecule has 1 N–H and O–H groups in total. The quantitative estimate of drug-likeness (QED) is 0.769. The van der Waals surface area contributed by atoms with Crippen LogP contribution in [0.4, 0.5) is 11.5 Å². The number of aromatic nitrogens is 2. The van der Waals surface area contributed by atoms with Crippen molar-refractivity contribution in [3.63, 3.8) is 0 Å². The Hall–Kier alpha value is -3.15. The van der Waals surface area contributed by atoms with Gasteiger partial charge in [-0.3, -0.25) is 9.78 Å². The van der Waals surface area contributed by atoms with E-state index in [1.807, 2.05) is 48.5 Å². The summed E-state index contributed by atoms with van der Waals surface area (Å²) in [5.41, 5.74) is 2.51. The molecule has 0 radical (unpaired) electrons. The van der Waals surface area contributed by atoms with Gasteiger partial charge in [0.2, 0.25) is 5.91 Å².